The molecule has 1 aromatic heterocycles. The molecular formula is C10H15ClN2OS. The third-order valence-electron chi connectivity index (χ3n) is 2.57. The molecular weight excluding hydrogens is 232 g/mol. The Hall–Kier alpha value is -0.220. The van der Waals surface area contributed by atoms with Crippen LogP contribution < -0.4 is 0 Å². The van der Waals surface area contributed by atoms with Crippen molar-refractivity contribution in [1.29, 1.82) is 0 Å². The maximum Gasteiger partial charge on any atom is 0.244 e. The van der Waals surface area contributed by atoms with Crippen LogP contribution >= 0.6 is 23.4 Å². The molecule has 3 nitrogen and oxygen atoms in total. The molecule has 0 spiro atoms. The number of halogens is 1. The van der Waals surface area contributed by atoms with E-state index in [1.165, 1.54) is 25.7 Å². The van der Waals surface area contributed by atoms with Gasteiger partial charge in [-0.05, 0) is 19.8 Å². The highest BCUT2D eigenvalue weighted by Crippen LogP contribution is 2.31. The van der Waals surface area contributed by atoms with Gasteiger partial charge in [-0.3, -0.25) is 0 Å². The van der Waals surface area contributed by atoms with Crippen molar-refractivity contribution in [2.45, 2.75) is 49.0 Å². The zero-order valence-electron chi connectivity index (χ0n) is 8.78. The van der Waals surface area contributed by atoms with Crippen LogP contribution in [0.1, 0.15) is 49.7 Å². The monoisotopic (exact) mass is 246 g/mol. The van der Waals surface area contributed by atoms with Crippen molar-refractivity contribution in [1.82, 2.24) is 10.1 Å². The topological polar surface area (TPSA) is 38.9 Å². The number of hydrogen-bond donors (Lipinski definition) is 0. The van der Waals surface area contributed by atoms with Gasteiger partial charge in [-0.1, -0.05) is 18.0 Å². The van der Waals surface area contributed by atoms with E-state index >= 15 is 0 Å². The van der Waals surface area contributed by atoms with Crippen LogP contribution in [0.3, 0.4) is 0 Å². The Labute approximate surface area is 99.0 Å². The van der Waals surface area contributed by atoms with Crippen molar-refractivity contribution in [2.75, 3.05) is 0 Å². The minimum atomic E-state index is -0.192. The van der Waals surface area contributed by atoms with Gasteiger partial charge in [0.2, 0.25) is 5.89 Å². The van der Waals surface area contributed by atoms with E-state index in [9.17, 15) is 0 Å². The van der Waals surface area contributed by atoms with Gasteiger partial charge in [-0.2, -0.15) is 16.7 Å². The summed E-state index contributed by atoms with van der Waals surface area (Å²) in [7, 11) is 0. The van der Waals surface area contributed by atoms with Gasteiger partial charge < -0.3 is 4.52 Å². The first-order chi connectivity index (χ1) is 7.25. The Morgan fingerprint density at radius 2 is 2.27 bits per heavy atom. The van der Waals surface area contributed by atoms with Gasteiger partial charge >= 0.3 is 0 Å². The van der Waals surface area contributed by atoms with Crippen molar-refractivity contribution in [3.8, 4) is 0 Å². The lowest BCUT2D eigenvalue weighted by Crippen LogP contribution is -1.96. The SMILES string of the molecule is CC(Cl)c1nc(CSC2CCCC2)no1. The van der Waals surface area contributed by atoms with E-state index in [-0.39, 0.29) is 5.38 Å². The number of hydrogen-bond acceptors (Lipinski definition) is 4. The summed E-state index contributed by atoms with van der Waals surface area (Å²) in [5.41, 5.74) is 0. The third kappa shape index (κ3) is 3.11. The summed E-state index contributed by atoms with van der Waals surface area (Å²) in [5, 5.41) is 4.51. The van der Waals surface area contributed by atoms with E-state index in [4.69, 9.17) is 16.1 Å². The molecule has 84 valence electrons. The molecule has 1 fully saturated rings. The van der Waals surface area contributed by atoms with Crippen molar-refractivity contribution in [3.05, 3.63) is 11.7 Å². The second-order valence-corrected chi connectivity index (χ2v) is 5.83. The van der Waals surface area contributed by atoms with E-state index in [1.54, 1.807) is 0 Å². The second-order valence-electron chi connectivity index (χ2n) is 3.88. The summed E-state index contributed by atoms with van der Waals surface area (Å²) in [6, 6.07) is 0. The highest BCUT2D eigenvalue weighted by atomic mass is 35.5. The van der Waals surface area contributed by atoms with Crippen LogP contribution in [0, 0.1) is 0 Å². The Bertz CT molecular complexity index is 310. The molecule has 0 aliphatic heterocycles. The smallest absolute Gasteiger partial charge is 0.244 e. The average molecular weight is 247 g/mol. The van der Waals surface area contributed by atoms with Crippen molar-refractivity contribution in [2.24, 2.45) is 0 Å². The van der Waals surface area contributed by atoms with Crippen LogP contribution in [0.5, 0.6) is 0 Å². The number of alkyl halides is 1. The van der Waals surface area contributed by atoms with Crippen molar-refractivity contribution < 1.29 is 4.52 Å². The van der Waals surface area contributed by atoms with Crippen LogP contribution in [0.25, 0.3) is 0 Å². The van der Waals surface area contributed by atoms with Gasteiger partial charge in [-0.15, -0.1) is 11.6 Å². The lowest BCUT2D eigenvalue weighted by Gasteiger charge is -2.04. The van der Waals surface area contributed by atoms with Gasteiger partial charge in [0, 0.05) is 5.25 Å². The van der Waals surface area contributed by atoms with Crippen molar-refractivity contribution >= 4 is 23.4 Å². The first-order valence-electron chi connectivity index (χ1n) is 5.34. The minimum Gasteiger partial charge on any atom is -0.338 e. The second kappa shape index (κ2) is 5.21. The number of aromatic nitrogens is 2. The molecule has 1 atom stereocenters. The van der Waals surface area contributed by atoms with E-state index in [1.807, 2.05) is 18.7 Å². The molecule has 0 radical (unpaired) electrons. The maximum atomic E-state index is 5.84. The summed E-state index contributed by atoms with van der Waals surface area (Å²) in [4.78, 5) is 4.24. The van der Waals surface area contributed by atoms with Gasteiger partial charge in [0.25, 0.3) is 0 Å². The van der Waals surface area contributed by atoms with E-state index < -0.39 is 0 Å². The van der Waals surface area contributed by atoms with Gasteiger partial charge in [0.15, 0.2) is 5.82 Å². The Balaban J connectivity index is 1.82. The fourth-order valence-electron chi connectivity index (χ4n) is 1.74. The largest absolute Gasteiger partial charge is 0.338 e. The number of rotatable bonds is 4. The zero-order valence-corrected chi connectivity index (χ0v) is 10.4. The Morgan fingerprint density at radius 1 is 1.53 bits per heavy atom. The highest BCUT2D eigenvalue weighted by Gasteiger charge is 2.17. The molecule has 1 heterocycles. The molecule has 0 N–H and O–H groups in total. The summed E-state index contributed by atoms with van der Waals surface area (Å²) >= 11 is 7.77. The van der Waals surface area contributed by atoms with Crippen LogP contribution in [-0.2, 0) is 5.75 Å². The number of thioether (sulfide) groups is 1. The summed E-state index contributed by atoms with van der Waals surface area (Å²) < 4.78 is 5.03. The van der Waals surface area contributed by atoms with Crippen LogP contribution in [-0.4, -0.2) is 15.4 Å². The van der Waals surface area contributed by atoms with Gasteiger partial charge in [-0.25, -0.2) is 0 Å². The average Bonchev–Trinajstić information content (AvgIpc) is 2.86. The standard InChI is InChI=1S/C10H15ClN2OS/c1-7(11)10-12-9(13-14-10)6-15-8-4-2-3-5-8/h7-8H,2-6H2,1H3. The molecule has 0 amide bonds. The van der Waals surface area contributed by atoms with E-state index in [0.717, 1.165) is 16.8 Å². The van der Waals surface area contributed by atoms with Crippen LogP contribution in [0.2, 0.25) is 0 Å². The minimum absolute atomic E-state index is 0.192. The van der Waals surface area contributed by atoms with Gasteiger partial charge in [0.1, 0.15) is 5.38 Å². The maximum absolute atomic E-state index is 5.84. The summed E-state index contributed by atoms with van der Waals surface area (Å²) in [6.45, 7) is 1.84. The molecule has 5 heteroatoms. The van der Waals surface area contributed by atoms with Gasteiger partial charge in [0.05, 0.1) is 5.75 Å². The van der Waals surface area contributed by atoms with E-state index in [0.29, 0.717) is 5.89 Å². The molecule has 1 aliphatic rings. The Kier molecular flexibility index (Phi) is 3.92. The van der Waals surface area contributed by atoms with Crippen molar-refractivity contribution in [3.63, 3.8) is 0 Å². The van der Waals surface area contributed by atoms with Crippen LogP contribution in [0.15, 0.2) is 4.52 Å². The van der Waals surface area contributed by atoms with Crippen LogP contribution in [0.4, 0.5) is 0 Å². The lowest BCUT2D eigenvalue weighted by molar-refractivity contribution is 0.375. The normalized spacial score (nSPS) is 19.6. The molecule has 2 rings (SSSR count). The Morgan fingerprint density at radius 3 is 2.87 bits per heavy atom. The molecule has 1 aromatic rings. The predicted molar refractivity (Wildman–Crippen MR) is 62.1 cm³/mol. The predicted octanol–water partition coefficient (Wildman–Crippen LogP) is 3.55. The first kappa shape index (κ1) is 11.3. The zero-order chi connectivity index (χ0) is 10.7. The quantitative estimate of drug-likeness (QED) is 0.762. The molecule has 15 heavy (non-hydrogen) atoms. The summed E-state index contributed by atoms with van der Waals surface area (Å²) in [5.74, 6) is 2.14. The first-order valence-corrected chi connectivity index (χ1v) is 6.82. The highest BCUT2D eigenvalue weighted by molar-refractivity contribution is 7.99. The molecule has 0 saturated heterocycles. The third-order valence-corrected chi connectivity index (χ3v) is 4.13. The fourth-order valence-corrected chi connectivity index (χ4v) is 2.99. The fraction of sp³-hybridized carbons (Fsp3) is 0.800. The molecule has 0 aromatic carbocycles. The molecule has 0 bridgehead atoms. The molecule has 1 saturated carbocycles. The van der Waals surface area contributed by atoms with E-state index in [2.05, 4.69) is 10.1 Å². The molecule has 1 unspecified atom stereocenters. The number of nitrogens with zero attached hydrogens (tertiary/aromatic N) is 2. The lowest BCUT2D eigenvalue weighted by atomic mass is 10.4. The molecule has 1 aliphatic carbocycles. The summed E-state index contributed by atoms with van der Waals surface area (Å²) in [6.07, 6.45) is 5.41.